The Morgan fingerprint density at radius 2 is 2.15 bits per heavy atom. The Balaban J connectivity index is 2.27. The van der Waals surface area contributed by atoms with Crippen molar-refractivity contribution in [3.8, 4) is 5.75 Å². The minimum Gasteiger partial charge on any atom is -0.478 e. The van der Waals surface area contributed by atoms with Crippen LogP contribution < -0.4 is 10.4 Å². The number of imidazole rings is 1. The van der Waals surface area contributed by atoms with Crippen molar-refractivity contribution in [3.63, 3.8) is 0 Å². The van der Waals surface area contributed by atoms with Gasteiger partial charge in [-0.05, 0) is 18.9 Å². The first-order valence-electron chi connectivity index (χ1n) is 5.93. The maximum atomic E-state index is 12.3. The topological polar surface area (TPSA) is 84.3 Å². The molecule has 1 saturated carbocycles. The molecule has 0 amide bonds. The number of ether oxygens (including phenoxy) is 1. The molecule has 1 aromatic heterocycles. The SMILES string of the molecule is O=C(O)c1cc(OC(F)F)cc2c1[nH]c(=O)n2C1CC1. The summed E-state index contributed by atoms with van der Waals surface area (Å²) in [6.07, 6.45) is 1.60. The smallest absolute Gasteiger partial charge is 0.387 e. The van der Waals surface area contributed by atoms with Gasteiger partial charge in [0.1, 0.15) is 5.75 Å². The highest BCUT2D eigenvalue weighted by atomic mass is 19.3. The Morgan fingerprint density at radius 3 is 2.70 bits per heavy atom. The summed E-state index contributed by atoms with van der Waals surface area (Å²) in [7, 11) is 0. The van der Waals surface area contributed by atoms with Crippen molar-refractivity contribution < 1.29 is 23.4 Å². The highest BCUT2D eigenvalue weighted by molar-refractivity contribution is 6.01. The number of benzene rings is 1. The van der Waals surface area contributed by atoms with Crippen LogP contribution in [0.5, 0.6) is 5.75 Å². The second-order valence-electron chi connectivity index (χ2n) is 4.58. The predicted molar refractivity (Wildman–Crippen MR) is 64.4 cm³/mol. The summed E-state index contributed by atoms with van der Waals surface area (Å²) in [6.45, 7) is -3.06. The van der Waals surface area contributed by atoms with Gasteiger partial charge in [-0.2, -0.15) is 8.78 Å². The molecule has 0 bridgehead atoms. The first-order chi connectivity index (χ1) is 9.47. The molecule has 2 aromatic rings. The van der Waals surface area contributed by atoms with Crippen molar-refractivity contribution in [2.45, 2.75) is 25.5 Å². The van der Waals surface area contributed by atoms with E-state index in [9.17, 15) is 18.4 Å². The van der Waals surface area contributed by atoms with Gasteiger partial charge >= 0.3 is 18.3 Å². The lowest BCUT2D eigenvalue weighted by Gasteiger charge is -2.07. The largest absolute Gasteiger partial charge is 0.478 e. The van der Waals surface area contributed by atoms with Gasteiger partial charge in [-0.1, -0.05) is 0 Å². The van der Waals surface area contributed by atoms with Gasteiger partial charge < -0.3 is 14.8 Å². The van der Waals surface area contributed by atoms with Gasteiger partial charge in [0.25, 0.3) is 0 Å². The molecule has 1 aromatic carbocycles. The number of H-pyrrole nitrogens is 1. The van der Waals surface area contributed by atoms with Gasteiger partial charge in [-0.15, -0.1) is 0 Å². The highest BCUT2D eigenvalue weighted by Gasteiger charge is 2.29. The summed E-state index contributed by atoms with van der Waals surface area (Å²) in [5, 5.41) is 9.12. The zero-order valence-electron chi connectivity index (χ0n) is 10.1. The first-order valence-corrected chi connectivity index (χ1v) is 5.93. The molecule has 20 heavy (non-hydrogen) atoms. The molecule has 106 valence electrons. The van der Waals surface area contributed by atoms with Gasteiger partial charge in [-0.3, -0.25) is 4.57 Å². The Labute approximate surface area is 110 Å². The number of rotatable bonds is 4. The van der Waals surface area contributed by atoms with E-state index >= 15 is 0 Å². The number of carbonyl (C=O) groups is 1. The average molecular weight is 284 g/mol. The van der Waals surface area contributed by atoms with Gasteiger partial charge in [0.15, 0.2) is 0 Å². The number of nitrogens with zero attached hydrogens (tertiary/aromatic N) is 1. The number of carboxylic acid groups (broad SMARTS) is 1. The third kappa shape index (κ3) is 2.02. The van der Waals surface area contributed by atoms with E-state index in [-0.39, 0.29) is 28.4 Å². The van der Waals surface area contributed by atoms with Crippen LogP contribution >= 0.6 is 0 Å². The summed E-state index contributed by atoms with van der Waals surface area (Å²) >= 11 is 0. The lowest BCUT2D eigenvalue weighted by atomic mass is 10.1. The molecule has 6 nitrogen and oxygen atoms in total. The molecule has 1 fully saturated rings. The molecular weight excluding hydrogens is 274 g/mol. The van der Waals surface area contributed by atoms with Crippen molar-refractivity contribution >= 4 is 17.0 Å². The van der Waals surface area contributed by atoms with Crippen LogP contribution in [-0.2, 0) is 0 Å². The number of hydrogen-bond donors (Lipinski definition) is 2. The summed E-state index contributed by atoms with van der Waals surface area (Å²) in [5.74, 6) is -1.60. The van der Waals surface area contributed by atoms with Crippen molar-refractivity contribution in [2.75, 3.05) is 0 Å². The molecule has 0 radical (unpaired) electrons. The van der Waals surface area contributed by atoms with Crippen LogP contribution in [0.1, 0.15) is 29.2 Å². The van der Waals surface area contributed by atoms with E-state index < -0.39 is 18.3 Å². The number of aromatic nitrogens is 2. The van der Waals surface area contributed by atoms with E-state index in [0.29, 0.717) is 0 Å². The van der Waals surface area contributed by atoms with Gasteiger partial charge in [-0.25, -0.2) is 9.59 Å². The number of alkyl halides is 2. The number of halogens is 2. The molecule has 0 unspecified atom stereocenters. The van der Waals surface area contributed by atoms with Crippen LogP contribution in [0.3, 0.4) is 0 Å². The second-order valence-corrected chi connectivity index (χ2v) is 4.58. The van der Waals surface area contributed by atoms with Gasteiger partial charge in [0.05, 0.1) is 16.6 Å². The molecule has 1 aliphatic carbocycles. The van der Waals surface area contributed by atoms with Crippen LogP contribution in [0.2, 0.25) is 0 Å². The van der Waals surface area contributed by atoms with Crippen LogP contribution in [0.15, 0.2) is 16.9 Å². The standard InChI is InChI=1S/C12H10F2N2O4/c13-11(14)20-6-3-7(10(17)18)9-8(4-6)16(5-1-2-5)12(19)15-9/h3-5,11H,1-2H2,(H,15,19)(H,17,18). The van der Waals surface area contributed by atoms with Crippen molar-refractivity contribution in [1.82, 2.24) is 9.55 Å². The predicted octanol–water partition coefficient (Wildman–Crippen LogP) is 1.96. The van der Waals surface area contributed by atoms with Gasteiger partial charge in [0, 0.05) is 12.1 Å². The lowest BCUT2D eigenvalue weighted by Crippen LogP contribution is -2.15. The molecule has 1 heterocycles. The molecule has 0 spiro atoms. The van der Waals surface area contributed by atoms with Gasteiger partial charge in [0.2, 0.25) is 0 Å². The van der Waals surface area contributed by atoms with Crippen LogP contribution in [0, 0.1) is 0 Å². The Hall–Kier alpha value is -2.38. The average Bonchev–Trinajstić information content (AvgIpc) is 3.11. The minimum atomic E-state index is -3.06. The van der Waals surface area contributed by atoms with Crippen LogP contribution in [0.4, 0.5) is 8.78 Å². The molecule has 0 saturated heterocycles. The molecule has 8 heteroatoms. The normalized spacial score (nSPS) is 14.9. The van der Waals surface area contributed by atoms with E-state index in [1.807, 2.05) is 0 Å². The van der Waals surface area contributed by atoms with E-state index in [1.165, 1.54) is 10.6 Å². The molecule has 3 rings (SSSR count). The molecule has 1 aliphatic rings. The number of carboxylic acids is 1. The highest BCUT2D eigenvalue weighted by Crippen LogP contribution is 2.37. The van der Waals surface area contributed by atoms with Crippen molar-refractivity contribution in [3.05, 3.63) is 28.2 Å². The first kappa shape index (κ1) is 12.6. The fourth-order valence-electron chi connectivity index (χ4n) is 2.23. The Morgan fingerprint density at radius 1 is 1.45 bits per heavy atom. The van der Waals surface area contributed by atoms with E-state index in [1.54, 1.807) is 0 Å². The summed E-state index contributed by atoms with van der Waals surface area (Å²) in [6, 6.07) is 2.22. The Bertz CT molecular complexity index is 746. The van der Waals surface area contributed by atoms with Crippen LogP contribution in [0.25, 0.3) is 11.0 Å². The lowest BCUT2D eigenvalue weighted by molar-refractivity contribution is -0.0498. The maximum absolute atomic E-state index is 12.3. The monoisotopic (exact) mass is 284 g/mol. The van der Waals surface area contributed by atoms with Crippen LogP contribution in [-0.4, -0.2) is 27.2 Å². The number of aromatic amines is 1. The fourth-order valence-corrected chi connectivity index (χ4v) is 2.23. The zero-order valence-corrected chi connectivity index (χ0v) is 10.1. The summed E-state index contributed by atoms with van der Waals surface area (Å²) in [5.41, 5.74) is -0.321. The second kappa shape index (κ2) is 4.32. The maximum Gasteiger partial charge on any atom is 0.387 e. The number of hydrogen-bond acceptors (Lipinski definition) is 3. The number of aromatic carboxylic acids is 1. The summed E-state index contributed by atoms with van der Waals surface area (Å²) < 4.78 is 30.2. The Kier molecular flexibility index (Phi) is 2.73. The van der Waals surface area contributed by atoms with Crippen molar-refractivity contribution in [1.29, 1.82) is 0 Å². The molecule has 0 atom stereocenters. The minimum absolute atomic E-state index is 0.0142. The number of nitrogens with one attached hydrogen (secondary N) is 1. The van der Waals surface area contributed by atoms with E-state index in [0.717, 1.165) is 18.9 Å². The molecule has 0 aliphatic heterocycles. The molecule has 2 N–H and O–H groups in total. The number of fused-ring (bicyclic) bond motifs is 1. The third-order valence-corrected chi connectivity index (χ3v) is 3.17. The molecular formula is C12H10F2N2O4. The third-order valence-electron chi connectivity index (χ3n) is 3.17. The summed E-state index contributed by atoms with van der Waals surface area (Å²) in [4.78, 5) is 25.5. The van der Waals surface area contributed by atoms with Crippen molar-refractivity contribution in [2.24, 2.45) is 0 Å². The quantitative estimate of drug-likeness (QED) is 0.898. The van der Waals surface area contributed by atoms with E-state index in [4.69, 9.17) is 5.11 Å². The van der Waals surface area contributed by atoms with E-state index in [2.05, 4.69) is 9.72 Å². The fraction of sp³-hybridized carbons (Fsp3) is 0.333. The zero-order chi connectivity index (χ0) is 14.4.